The first-order valence-corrected chi connectivity index (χ1v) is 8.24. The molecule has 0 bridgehead atoms. The number of aromatic nitrogens is 2. The number of hydrogen-bond donors (Lipinski definition) is 0. The first kappa shape index (κ1) is 15.3. The summed E-state index contributed by atoms with van der Waals surface area (Å²) in [5.41, 5.74) is 2.11. The SMILES string of the molecule is COc1cccc2c1C1(CCN(c3ncncc3F)CC1)OCC2. The highest BCUT2D eigenvalue weighted by Gasteiger charge is 2.43. The van der Waals surface area contributed by atoms with Crippen molar-refractivity contribution in [2.45, 2.75) is 24.9 Å². The number of benzene rings is 1. The van der Waals surface area contributed by atoms with E-state index in [0.29, 0.717) is 25.5 Å². The highest BCUT2D eigenvalue weighted by atomic mass is 19.1. The normalized spacial score (nSPS) is 19.2. The average Bonchev–Trinajstić information content (AvgIpc) is 2.63. The van der Waals surface area contributed by atoms with Crippen molar-refractivity contribution in [2.24, 2.45) is 0 Å². The first-order chi connectivity index (χ1) is 11.7. The summed E-state index contributed by atoms with van der Waals surface area (Å²) in [7, 11) is 1.70. The first-order valence-electron chi connectivity index (χ1n) is 8.24. The fraction of sp³-hybridized carbons (Fsp3) is 0.444. The Morgan fingerprint density at radius 2 is 2.12 bits per heavy atom. The number of hydrogen-bond acceptors (Lipinski definition) is 5. The van der Waals surface area contributed by atoms with Crippen molar-refractivity contribution >= 4 is 5.82 Å². The van der Waals surface area contributed by atoms with Gasteiger partial charge in [0.1, 0.15) is 17.7 Å². The smallest absolute Gasteiger partial charge is 0.183 e. The van der Waals surface area contributed by atoms with Crippen LogP contribution in [0.5, 0.6) is 5.75 Å². The molecule has 1 aromatic carbocycles. The van der Waals surface area contributed by atoms with Gasteiger partial charge in [0.15, 0.2) is 11.6 Å². The van der Waals surface area contributed by atoms with Gasteiger partial charge in [0, 0.05) is 18.7 Å². The molecule has 0 radical (unpaired) electrons. The second kappa shape index (κ2) is 6.02. The van der Waals surface area contributed by atoms with Gasteiger partial charge in [-0.3, -0.25) is 0 Å². The maximum Gasteiger partial charge on any atom is 0.183 e. The number of nitrogens with zero attached hydrogens (tertiary/aromatic N) is 3. The molecule has 4 rings (SSSR count). The Morgan fingerprint density at radius 3 is 2.88 bits per heavy atom. The van der Waals surface area contributed by atoms with Gasteiger partial charge in [-0.15, -0.1) is 0 Å². The molecular formula is C18H20FN3O2. The summed E-state index contributed by atoms with van der Waals surface area (Å²) in [6.45, 7) is 2.08. The van der Waals surface area contributed by atoms with Crippen LogP contribution in [0.15, 0.2) is 30.7 Å². The molecule has 2 aliphatic rings. The molecule has 3 heterocycles. The third kappa shape index (κ3) is 2.41. The Labute approximate surface area is 140 Å². The zero-order chi connectivity index (χ0) is 16.6. The molecule has 2 aliphatic heterocycles. The largest absolute Gasteiger partial charge is 0.496 e. The monoisotopic (exact) mass is 329 g/mol. The number of rotatable bonds is 2. The minimum Gasteiger partial charge on any atom is -0.496 e. The third-order valence-electron chi connectivity index (χ3n) is 5.06. The lowest BCUT2D eigenvalue weighted by atomic mass is 9.79. The zero-order valence-corrected chi connectivity index (χ0v) is 13.7. The summed E-state index contributed by atoms with van der Waals surface area (Å²) in [4.78, 5) is 9.78. The molecule has 1 saturated heterocycles. The van der Waals surface area contributed by atoms with Crippen LogP contribution in [0.25, 0.3) is 0 Å². The molecule has 2 aromatic rings. The van der Waals surface area contributed by atoms with Crippen LogP contribution in [0.3, 0.4) is 0 Å². The van der Waals surface area contributed by atoms with Crippen molar-refractivity contribution in [1.29, 1.82) is 0 Å². The van der Waals surface area contributed by atoms with Gasteiger partial charge in [-0.2, -0.15) is 0 Å². The van der Waals surface area contributed by atoms with Crippen molar-refractivity contribution in [3.05, 3.63) is 47.7 Å². The standard InChI is InChI=1S/C18H20FN3O2/c1-23-15-4-2-3-13-5-10-24-18(16(13)15)6-8-22(9-7-18)17-14(19)11-20-12-21-17/h2-4,11-12H,5-10H2,1H3. The van der Waals surface area contributed by atoms with Crippen LogP contribution in [-0.2, 0) is 16.8 Å². The number of fused-ring (bicyclic) bond motifs is 2. The van der Waals surface area contributed by atoms with E-state index in [4.69, 9.17) is 9.47 Å². The number of anilines is 1. The minimum atomic E-state index is -0.379. The third-order valence-corrected chi connectivity index (χ3v) is 5.06. The second-order valence-electron chi connectivity index (χ2n) is 6.27. The van der Waals surface area contributed by atoms with Gasteiger partial charge in [0.2, 0.25) is 0 Å². The lowest BCUT2D eigenvalue weighted by Gasteiger charge is -2.45. The fourth-order valence-corrected chi connectivity index (χ4v) is 3.91. The molecule has 0 saturated carbocycles. The Kier molecular flexibility index (Phi) is 3.84. The Morgan fingerprint density at radius 1 is 1.29 bits per heavy atom. The lowest BCUT2D eigenvalue weighted by molar-refractivity contribution is -0.0780. The summed E-state index contributed by atoms with van der Waals surface area (Å²) < 4.78 is 25.8. The van der Waals surface area contributed by atoms with Gasteiger partial charge < -0.3 is 14.4 Å². The molecule has 0 aliphatic carbocycles. The molecule has 1 fully saturated rings. The predicted octanol–water partition coefficient (Wildman–Crippen LogP) is 2.69. The average molecular weight is 329 g/mol. The molecular weight excluding hydrogens is 309 g/mol. The Hall–Kier alpha value is -2.21. The van der Waals surface area contributed by atoms with Crippen molar-refractivity contribution in [3.8, 4) is 5.75 Å². The molecule has 6 heteroatoms. The molecule has 24 heavy (non-hydrogen) atoms. The number of ether oxygens (including phenoxy) is 2. The summed E-state index contributed by atoms with van der Waals surface area (Å²) >= 11 is 0. The van der Waals surface area contributed by atoms with E-state index in [2.05, 4.69) is 16.0 Å². The van der Waals surface area contributed by atoms with E-state index in [9.17, 15) is 4.39 Å². The quantitative estimate of drug-likeness (QED) is 0.848. The van der Waals surface area contributed by atoms with E-state index in [1.54, 1.807) is 7.11 Å². The van der Waals surface area contributed by atoms with E-state index in [1.807, 2.05) is 17.0 Å². The van der Waals surface area contributed by atoms with Crippen molar-refractivity contribution in [3.63, 3.8) is 0 Å². The number of piperidine rings is 1. The van der Waals surface area contributed by atoms with Gasteiger partial charge >= 0.3 is 0 Å². The van der Waals surface area contributed by atoms with Crippen LogP contribution in [0, 0.1) is 5.82 Å². The molecule has 0 amide bonds. The summed E-state index contributed by atoms with van der Waals surface area (Å²) in [5.74, 6) is 0.876. The van der Waals surface area contributed by atoms with Crippen molar-refractivity contribution in [2.75, 3.05) is 31.7 Å². The van der Waals surface area contributed by atoms with E-state index >= 15 is 0 Å². The minimum absolute atomic E-state index is 0.347. The molecule has 1 aromatic heterocycles. The highest BCUT2D eigenvalue weighted by molar-refractivity contribution is 5.48. The predicted molar refractivity (Wildman–Crippen MR) is 87.8 cm³/mol. The van der Waals surface area contributed by atoms with E-state index in [1.165, 1.54) is 23.7 Å². The molecule has 5 nitrogen and oxygen atoms in total. The summed E-state index contributed by atoms with van der Waals surface area (Å²) in [6.07, 6.45) is 5.06. The van der Waals surface area contributed by atoms with Crippen LogP contribution < -0.4 is 9.64 Å². The van der Waals surface area contributed by atoms with E-state index in [-0.39, 0.29) is 11.4 Å². The Balaban J connectivity index is 1.63. The van der Waals surface area contributed by atoms with Gasteiger partial charge in [-0.05, 0) is 30.9 Å². The van der Waals surface area contributed by atoms with Gasteiger partial charge in [0.25, 0.3) is 0 Å². The summed E-state index contributed by atoms with van der Waals surface area (Å²) in [6, 6.07) is 6.17. The van der Waals surface area contributed by atoms with Crippen LogP contribution in [0.2, 0.25) is 0 Å². The van der Waals surface area contributed by atoms with E-state index < -0.39 is 0 Å². The second-order valence-corrected chi connectivity index (χ2v) is 6.27. The zero-order valence-electron chi connectivity index (χ0n) is 13.7. The van der Waals surface area contributed by atoms with Crippen molar-refractivity contribution < 1.29 is 13.9 Å². The van der Waals surface area contributed by atoms with Crippen LogP contribution in [-0.4, -0.2) is 36.8 Å². The lowest BCUT2D eigenvalue weighted by Crippen LogP contribution is -2.47. The molecule has 0 N–H and O–H groups in total. The molecule has 0 atom stereocenters. The maximum atomic E-state index is 13.9. The fourth-order valence-electron chi connectivity index (χ4n) is 3.91. The van der Waals surface area contributed by atoms with Crippen molar-refractivity contribution in [1.82, 2.24) is 9.97 Å². The maximum absolute atomic E-state index is 13.9. The van der Waals surface area contributed by atoms with E-state index in [0.717, 1.165) is 25.0 Å². The van der Waals surface area contributed by atoms with Crippen LogP contribution in [0.4, 0.5) is 10.2 Å². The van der Waals surface area contributed by atoms with Gasteiger partial charge in [-0.25, -0.2) is 14.4 Å². The number of methoxy groups -OCH3 is 1. The Bertz CT molecular complexity index is 731. The molecule has 0 unspecified atom stereocenters. The van der Waals surface area contributed by atoms with Crippen LogP contribution in [0.1, 0.15) is 24.0 Å². The summed E-state index contributed by atoms with van der Waals surface area (Å²) in [5, 5.41) is 0. The molecule has 1 spiro atoms. The van der Waals surface area contributed by atoms with Crippen LogP contribution >= 0.6 is 0 Å². The number of halogens is 1. The van der Waals surface area contributed by atoms with Gasteiger partial charge in [-0.1, -0.05) is 12.1 Å². The topological polar surface area (TPSA) is 47.5 Å². The molecule has 126 valence electrons. The highest BCUT2D eigenvalue weighted by Crippen LogP contribution is 2.46. The van der Waals surface area contributed by atoms with Gasteiger partial charge in [0.05, 0.1) is 19.9 Å².